The maximum atomic E-state index is 10.6. The van der Waals surface area contributed by atoms with Gasteiger partial charge in [0.25, 0.3) is 0 Å². The summed E-state index contributed by atoms with van der Waals surface area (Å²) >= 11 is 0. The van der Waals surface area contributed by atoms with Crippen LogP contribution in [0.1, 0.15) is 57.2 Å². The zero-order chi connectivity index (χ0) is 20.8. The van der Waals surface area contributed by atoms with Crippen LogP contribution in [0.25, 0.3) is 23.4 Å². The van der Waals surface area contributed by atoms with Crippen LogP contribution >= 0.6 is 0 Å². The standard InChI is InChI=1S/C20H20N2O2.C2H6.CH5N/c23-20(24)10-9-16-11-17(14-21-13-16)19-8-4-7-18(22-19)12-15-5-2-1-3-6-15;2*1-2/h4,7-14H,1-3,5-6H2,(H,23,24);1-2H3;2H2,1H3/b10-9+;;. The van der Waals surface area contributed by atoms with Crippen molar-refractivity contribution in [2.75, 3.05) is 7.05 Å². The van der Waals surface area contributed by atoms with Crippen LogP contribution in [-0.2, 0) is 4.79 Å². The van der Waals surface area contributed by atoms with E-state index in [0.717, 1.165) is 28.6 Å². The van der Waals surface area contributed by atoms with Gasteiger partial charge >= 0.3 is 5.97 Å². The molecule has 3 N–H and O–H groups in total. The lowest BCUT2D eigenvalue weighted by molar-refractivity contribution is -0.131. The van der Waals surface area contributed by atoms with Crippen LogP contribution < -0.4 is 5.73 Å². The molecule has 5 heteroatoms. The Balaban J connectivity index is 0.000000921. The molecule has 0 radical (unpaired) electrons. The minimum absolute atomic E-state index is 0.743. The third kappa shape index (κ3) is 7.84. The van der Waals surface area contributed by atoms with Crippen molar-refractivity contribution >= 4 is 18.1 Å². The third-order valence-corrected chi connectivity index (χ3v) is 4.09. The summed E-state index contributed by atoms with van der Waals surface area (Å²) in [6.45, 7) is 4.00. The molecule has 0 aromatic carbocycles. The van der Waals surface area contributed by atoms with E-state index in [4.69, 9.17) is 10.1 Å². The molecule has 0 saturated heterocycles. The van der Waals surface area contributed by atoms with Gasteiger partial charge < -0.3 is 10.8 Å². The molecule has 0 spiro atoms. The summed E-state index contributed by atoms with van der Waals surface area (Å²) in [5.74, 6) is -0.973. The fraction of sp³-hybridized carbons (Fsp3) is 0.348. The van der Waals surface area contributed by atoms with Crippen LogP contribution in [0.2, 0.25) is 0 Å². The number of carbonyl (C=O) groups is 1. The zero-order valence-electron chi connectivity index (χ0n) is 17.1. The second kappa shape index (κ2) is 13.4. The van der Waals surface area contributed by atoms with E-state index in [1.807, 2.05) is 38.1 Å². The van der Waals surface area contributed by atoms with Gasteiger partial charge in [0.1, 0.15) is 0 Å². The molecular weight excluding hydrogens is 350 g/mol. The van der Waals surface area contributed by atoms with Crippen LogP contribution in [0.4, 0.5) is 0 Å². The van der Waals surface area contributed by atoms with Gasteiger partial charge in [-0.1, -0.05) is 31.9 Å². The molecule has 0 atom stereocenters. The molecule has 0 bridgehead atoms. The van der Waals surface area contributed by atoms with E-state index in [0.29, 0.717) is 0 Å². The van der Waals surface area contributed by atoms with Crippen molar-refractivity contribution in [2.24, 2.45) is 5.73 Å². The van der Waals surface area contributed by atoms with E-state index < -0.39 is 5.97 Å². The summed E-state index contributed by atoms with van der Waals surface area (Å²) in [6.07, 6.45) is 14.4. The summed E-state index contributed by atoms with van der Waals surface area (Å²) < 4.78 is 0. The summed E-state index contributed by atoms with van der Waals surface area (Å²) in [4.78, 5) is 19.5. The highest BCUT2D eigenvalue weighted by Gasteiger charge is 2.06. The van der Waals surface area contributed by atoms with Crippen molar-refractivity contribution in [3.05, 3.63) is 59.6 Å². The SMILES string of the molecule is CC.CN.O=C(O)/C=C/c1cncc(-c2cccc(C=C3CCCCC3)n2)c1. The smallest absolute Gasteiger partial charge is 0.328 e. The van der Waals surface area contributed by atoms with Crippen molar-refractivity contribution in [1.29, 1.82) is 0 Å². The first-order chi connectivity index (χ1) is 13.7. The topological polar surface area (TPSA) is 89.1 Å². The molecule has 1 aliphatic carbocycles. The van der Waals surface area contributed by atoms with Crippen LogP contribution in [0.5, 0.6) is 0 Å². The van der Waals surface area contributed by atoms with E-state index in [2.05, 4.69) is 16.8 Å². The number of carboxylic acid groups (broad SMARTS) is 1. The third-order valence-electron chi connectivity index (χ3n) is 4.09. The van der Waals surface area contributed by atoms with Crippen molar-refractivity contribution in [3.63, 3.8) is 0 Å². The molecule has 28 heavy (non-hydrogen) atoms. The molecule has 5 nitrogen and oxygen atoms in total. The molecule has 2 aromatic rings. The van der Waals surface area contributed by atoms with Crippen molar-refractivity contribution in [3.8, 4) is 11.3 Å². The molecule has 3 rings (SSSR count). The second-order valence-electron chi connectivity index (χ2n) is 5.99. The van der Waals surface area contributed by atoms with Gasteiger partial charge in [0, 0.05) is 24.0 Å². The number of rotatable bonds is 4. The molecule has 2 heterocycles. The highest BCUT2D eigenvalue weighted by molar-refractivity contribution is 5.85. The van der Waals surface area contributed by atoms with E-state index in [1.54, 1.807) is 12.4 Å². The molecule has 1 aliphatic rings. The lowest BCUT2D eigenvalue weighted by Gasteiger charge is -2.13. The molecule has 1 fully saturated rings. The number of nitrogens with zero attached hydrogens (tertiary/aromatic N) is 2. The summed E-state index contributed by atoms with van der Waals surface area (Å²) in [6, 6.07) is 7.86. The number of aliphatic carboxylic acids is 1. The predicted octanol–water partition coefficient (Wildman–Crippen LogP) is 5.19. The van der Waals surface area contributed by atoms with E-state index in [-0.39, 0.29) is 0 Å². The number of hydrogen-bond donors (Lipinski definition) is 2. The maximum Gasteiger partial charge on any atom is 0.328 e. The van der Waals surface area contributed by atoms with E-state index in [1.165, 1.54) is 50.8 Å². The van der Waals surface area contributed by atoms with Gasteiger partial charge in [0.05, 0.1) is 11.4 Å². The minimum Gasteiger partial charge on any atom is -0.478 e. The second-order valence-corrected chi connectivity index (χ2v) is 5.99. The summed E-state index contributed by atoms with van der Waals surface area (Å²) in [7, 11) is 1.50. The van der Waals surface area contributed by atoms with Crippen molar-refractivity contribution in [1.82, 2.24) is 9.97 Å². The van der Waals surface area contributed by atoms with Crippen LogP contribution in [0.15, 0.2) is 48.3 Å². The highest BCUT2D eigenvalue weighted by Crippen LogP contribution is 2.25. The predicted molar refractivity (Wildman–Crippen MR) is 117 cm³/mol. The van der Waals surface area contributed by atoms with Gasteiger partial charge in [0.2, 0.25) is 0 Å². The van der Waals surface area contributed by atoms with Crippen molar-refractivity contribution < 1.29 is 9.90 Å². The van der Waals surface area contributed by atoms with Gasteiger partial charge in [-0.15, -0.1) is 0 Å². The number of aromatic nitrogens is 2. The number of pyridine rings is 2. The number of allylic oxidation sites excluding steroid dienone is 1. The first-order valence-corrected chi connectivity index (χ1v) is 9.81. The Kier molecular flexibility index (Phi) is 11.1. The normalized spacial score (nSPS) is 13.1. The average molecular weight is 382 g/mol. The minimum atomic E-state index is -0.973. The maximum absolute atomic E-state index is 10.6. The number of carboxylic acids is 1. The number of hydrogen-bond acceptors (Lipinski definition) is 4. The molecule has 0 unspecified atom stereocenters. The average Bonchev–Trinajstić information content (AvgIpc) is 2.76. The van der Waals surface area contributed by atoms with Crippen LogP contribution in [0.3, 0.4) is 0 Å². The lowest BCUT2D eigenvalue weighted by atomic mass is 9.94. The molecule has 1 saturated carbocycles. The Morgan fingerprint density at radius 3 is 2.50 bits per heavy atom. The molecule has 150 valence electrons. The Hall–Kier alpha value is -2.79. The Bertz CT molecular complexity index is 790. The van der Waals surface area contributed by atoms with Crippen LogP contribution in [-0.4, -0.2) is 28.1 Å². The van der Waals surface area contributed by atoms with Gasteiger partial charge in [0.15, 0.2) is 0 Å². The first-order valence-electron chi connectivity index (χ1n) is 9.81. The zero-order valence-corrected chi connectivity index (χ0v) is 17.1. The Labute approximate surface area is 168 Å². The fourth-order valence-electron chi connectivity index (χ4n) is 2.91. The molecule has 2 aromatic heterocycles. The van der Waals surface area contributed by atoms with Gasteiger partial charge in [-0.05, 0) is 68.6 Å². The first kappa shape index (κ1) is 23.2. The Morgan fingerprint density at radius 1 is 1.11 bits per heavy atom. The quantitative estimate of drug-likeness (QED) is 0.711. The number of nitrogens with two attached hydrogens (primary N) is 1. The lowest BCUT2D eigenvalue weighted by Crippen LogP contribution is -1.95. The molecule has 0 amide bonds. The van der Waals surface area contributed by atoms with Gasteiger partial charge in [-0.2, -0.15) is 0 Å². The van der Waals surface area contributed by atoms with Crippen molar-refractivity contribution in [2.45, 2.75) is 46.0 Å². The van der Waals surface area contributed by atoms with E-state index >= 15 is 0 Å². The van der Waals surface area contributed by atoms with Gasteiger partial charge in [-0.25, -0.2) is 9.78 Å². The van der Waals surface area contributed by atoms with Gasteiger partial charge in [-0.3, -0.25) is 4.98 Å². The highest BCUT2D eigenvalue weighted by atomic mass is 16.4. The van der Waals surface area contributed by atoms with E-state index in [9.17, 15) is 4.79 Å². The fourth-order valence-corrected chi connectivity index (χ4v) is 2.91. The largest absolute Gasteiger partial charge is 0.478 e. The molecule has 0 aliphatic heterocycles. The molecular formula is C23H31N3O2. The monoisotopic (exact) mass is 381 g/mol. The Morgan fingerprint density at radius 2 is 1.82 bits per heavy atom. The summed E-state index contributed by atoms with van der Waals surface area (Å²) in [5, 5.41) is 8.73. The van der Waals surface area contributed by atoms with Crippen LogP contribution in [0, 0.1) is 0 Å². The summed E-state index contributed by atoms with van der Waals surface area (Å²) in [5.41, 5.74) is 9.41.